The summed E-state index contributed by atoms with van der Waals surface area (Å²) in [4.78, 5) is 0. The van der Waals surface area contributed by atoms with Crippen molar-refractivity contribution in [3.05, 3.63) is 47.1 Å². The molecule has 1 unspecified atom stereocenters. The van der Waals surface area contributed by atoms with Gasteiger partial charge in [-0.2, -0.15) is 0 Å². The van der Waals surface area contributed by atoms with Crippen LogP contribution in [0.5, 0.6) is 5.75 Å². The van der Waals surface area contributed by atoms with E-state index in [9.17, 15) is 0 Å². The fraction of sp³-hybridized carbons (Fsp3) is 0.474. The zero-order valence-corrected chi connectivity index (χ0v) is 13.6. The van der Waals surface area contributed by atoms with Crippen LogP contribution in [0, 0.1) is 18.3 Å². The molecular formula is C19H26O. The van der Waals surface area contributed by atoms with Gasteiger partial charge in [-0.15, -0.1) is 0 Å². The van der Waals surface area contributed by atoms with Crippen molar-refractivity contribution in [3.8, 4) is 5.75 Å². The van der Waals surface area contributed by atoms with Crippen molar-refractivity contribution in [2.75, 3.05) is 7.11 Å². The summed E-state index contributed by atoms with van der Waals surface area (Å²) in [7, 11) is 1.76. The minimum Gasteiger partial charge on any atom is -0.496 e. The van der Waals surface area contributed by atoms with Gasteiger partial charge in [-0.3, -0.25) is 0 Å². The second-order valence-electron chi connectivity index (χ2n) is 7.06. The molecule has 1 aliphatic carbocycles. The number of ether oxygens (including phenoxy) is 1. The standard InChI is InChI=1S/C19H26O/c1-12(2)14-10-16-15(17(14)11-19(4,5)6)8-13(3)9-18(16)20-7/h8-9,11,14H,1,10H2,2-7H3/b17-11-. The third-order valence-corrected chi connectivity index (χ3v) is 3.85. The average Bonchev–Trinajstić information content (AvgIpc) is 2.65. The summed E-state index contributed by atoms with van der Waals surface area (Å²) in [5, 5.41) is 0. The number of hydrogen-bond donors (Lipinski definition) is 0. The molecule has 0 spiro atoms. The van der Waals surface area contributed by atoms with Crippen LogP contribution in [0.1, 0.15) is 44.4 Å². The van der Waals surface area contributed by atoms with E-state index in [-0.39, 0.29) is 5.41 Å². The van der Waals surface area contributed by atoms with E-state index >= 15 is 0 Å². The number of rotatable bonds is 2. The normalized spacial score (nSPS) is 20.1. The van der Waals surface area contributed by atoms with Crippen LogP contribution >= 0.6 is 0 Å². The topological polar surface area (TPSA) is 9.23 Å². The van der Waals surface area contributed by atoms with Gasteiger partial charge in [0.2, 0.25) is 0 Å². The molecule has 0 aliphatic heterocycles. The molecule has 0 heterocycles. The second-order valence-corrected chi connectivity index (χ2v) is 7.06. The van der Waals surface area contributed by atoms with Crippen LogP contribution in [-0.2, 0) is 6.42 Å². The lowest BCUT2D eigenvalue weighted by atomic mass is 9.86. The summed E-state index contributed by atoms with van der Waals surface area (Å²) >= 11 is 0. The van der Waals surface area contributed by atoms with Crippen LogP contribution in [0.15, 0.2) is 30.4 Å². The third kappa shape index (κ3) is 2.82. The molecule has 0 saturated heterocycles. The van der Waals surface area contributed by atoms with Crippen LogP contribution in [0.2, 0.25) is 0 Å². The van der Waals surface area contributed by atoms with E-state index < -0.39 is 0 Å². The molecule has 0 bridgehead atoms. The first-order chi connectivity index (χ1) is 9.23. The number of methoxy groups -OCH3 is 1. The van der Waals surface area contributed by atoms with E-state index in [2.05, 4.69) is 59.4 Å². The first-order valence-electron chi connectivity index (χ1n) is 7.29. The summed E-state index contributed by atoms with van der Waals surface area (Å²) < 4.78 is 5.59. The van der Waals surface area contributed by atoms with Gasteiger partial charge < -0.3 is 4.74 Å². The Bertz CT molecular complexity index is 570. The average molecular weight is 270 g/mol. The molecule has 0 saturated carbocycles. The molecule has 0 radical (unpaired) electrons. The van der Waals surface area contributed by atoms with Gasteiger partial charge in [-0.25, -0.2) is 0 Å². The Morgan fingerprint density at radius 2 is 2.00 bits per heavy atom. The Balaban J connectivity index is 2.65. The van der Waals surface area contributed by atoms with Crippen molar-refractivity contribution in [1.82, 2.24) is 0 Å². The molecule has 0 fully saturated rings. The van der Waals surface area contributed by atoms with Gasteiger partial charge >= 0.3 is 0 Å². The Morgan fingerprint density at radius 1 is 1.35 bits per heavy atom. The van der Waals surface area contributed by atoms with Gasteiger partial charge in [-0.05, 0) is 48.4 Å². The van der Waals surface area contributed by atoms with Crippen molar-refractivity contribution in [2.45, 2.75) is 41.0 Å². The summed E-state index contributed by atoms with van der Waals surface area (Å²) in [6.07, 6.45) is 3.41. The summed E-state index contributed by atoms with van der Waals surface area (Å²) in [5.74, 6) is 1.43. The van der Waals surface area contributed by atoms with Crippen LogP contribution < -0.4 is 4.74 Å². The highest BCUT2D eigenvalue weighted by molar-refractivity contribution is 5.79. The summed E-state index contributed by atoms with van der Waals surface area (Å²) in [5.41, 5.74) is 6.76. The van der Waals surface area contributed by atoms with Crippen LogP contribution in [0.25, 0.3) is 5.57 Å². The Morgan fingerprint density at radius 3 is 2.50 bits per heavy atom. The maximum Gasteiger partial charge on any atom is 0.122 e. The van der Waals surface area contributed by atoms with Crippen LogP contribution in [0.4, 0.5) is 0 Å². The molecule has 1 atom stereocenters. The van der Waals surface area contributed by atoms with E-state index in [1.807, 2.05) is 0 Å². The lowest BCUT2D eigenvalue weighted by Crippen LogP contribution is -2.05. The lowest BCUT2D eigenvalue weighted by Gasteiger charge is -2.19. The van der Waals surface area contributed by atoms with E-state index in [0.29, 0.717) is 5.92 Å². The fourth-order valence-corrected chi connectivity index (χ4v) is 3.02. The molecule has 1 nitrogen and oxygen atoms in total. The highest BCUT2D eigenvalue weighted by Gasteiger charge is 2.31. The SMILES string of the molecule is C=C(C)C1Cc2c(OC)cc(C)cc2/C1=C\C(C)(C)C. The molecular weight excluding hydrogens is 244 g/mol. The van der Waals surface area contributed by atoms with E-state index in [1.165, 1.54) is 27.8 Å². The molecule has 1 aromatic rings. The second kappa shape index (κ2) is 5.12. The maximum atomic E-state index is 5.59. The highest BCUT2D eigenvalue weighted by Crippen LogP contribution is 2.46. The first-order valence-corrected chi connectivity index (χ1v) is 7.29. The molecule has 0 N–H and O–H groups in total. The van der Waals surface area contributed by atoms with E-state index in [4.69, 9.17) is 4.74 Å². The quantitative estimate of drug-likeness (QED) is 0.673. The van der Waals surface area contributed by atoms with Crippen LogP contribution in [0.3, 0.4) is 0 Å². The monoisotopic (exact) mass is 270 g/mol. The van der Waals surface area contributed by atoms with Crippen molar-refractivity contribution in [2.24, 2.45) is 11.3 Å². The van der Waals surface area contributed by atoms with Gasteiger partial charge in [0.15, 0.2) is 0 Å². The predicted octanol–water partition coefficient (Wildman–Crippen LogP) is 5.18. The molecule has 1 aliphatic rings. The van der Waals surface area contributed by atoms with E-state index in [1.54, 1.807) is 7.11 Å². The molecule has 1 aromatic carbocycles. The fourth-order valence-electron chi connectivity index (χ4n) is 3.02. The zero-order chi connectivity index (χ0) is 15.1. The Kier molecular flexibility index (Phi) is 3.82. The highest BCUT2D eigenvalue weighted by atomic mass is 16.5. The maximum absolute atomic E-state index is 5.59. The lowest BCUT2D eigenvalue weighted by molar-refractivity contribution is 0.409. The van der Waals surface area contributed by atoms with Gasteiger partial charge in [-0.1, -0.05) is 45.1 Å². The minimum absolute atomic E-state index is 0.168. The molecule has 1 heteroatoms. The van der Waals surface area contributed by atoms with Gasteiger partial charge in [0.25, 0.3) is 0 Å². The van der Waals surface area contributed by atoms with E-state index in [0.717, 1.165) is 12.2 Å². The van der Waals surface area contributed by atoms with Crippen molar-refractivity contribution >= 4 is 5.57 Å². The van der Waals surface area contributed by atoms with Crippen molar-refractivity contribution in [3.63, 3.8) is 0 Å². The van der Waals surface area contributed by atoms with Gasteiger partial charge in [0, 0.05) is 11.5 Å². The Labute approximate surface area is 123 Å². The van der Waals surface area contributed by atoms with Crippen molar-refractivity contribution < 1.29 is 4.74 Å². The number of aryl methyl sites for hydroxylation is 1. The van der Waals surface area contributed by atoms with Crippen LogP contribution in [-0.4, -0.2) is 7.11 Å². The largest absolute Gasteiger partial charge is 0.496 e. The Hall–Kier alpha value is -1.50. The number of hydrogen-bond acceptors (Lipinski definition) is 1. The van der Waals surface area contributed by atoms with Gasteiger partial charge in [0.1, 0.15) is 5.75 Å². The molecule has 0 aromatic heterocycles. The predicted molar refractivity (Wildman–Crippen MR) is 87.2 cm³/mol. The zero-order valence-electron chi connectivity index (χ0n) is 13.6. The number of fused-ring (bicyclic) bond motifs is 1. The molecule has 20 heavy (non-hydrogen) atoms. The molecule has 2 rings (SSSR count). The molecule has 0 amide bonds. The summed E-state index contributed by atoms with van der Waals surface area (Å²) in [6.45, 7) is 15.2. The number of allylic oxidation sites excluding steroid dienone is 3. The smallest absolute Gasteiger partial charge is 0.122 e. The van der Waals surface area contributed by atoms with Crippen molar-refractivity contribution in [1.29, 1.82) is 0 Å². The number of benzene rings is 1. The summed E-state index contributed by atoms with van der Waals surface area (Å²) in [6, 6.07) is 4.42. The van der Waals surface area contributed by atoms with Gasteiger partial charge in [0.05, 0.1) is 7.11 Å². The molecule has 108 valence electrons. The minimum atomic E-state index is 0.168. The third-order valence-electron chi connectivity index (χ3n) is 3.85. The first kappa shape index (κ1) is 14.9.